The van der Waals surface area contributed by atoms with Gasteiger partial charge in [-0.25, -0.2) is 4.79 Å². The van der Waals surface area contributed by atoms with Crippen molar-refractivity contribution >= 4 is 11.9 Å². The molecule has 136 valence electrons. The second kappa shape index (κ2) is 7.77. The molecule has 1 heterocycles. The molecule has 0 spiro atoms. The molecule has 25 heavy (non-hydrogen) atoms. The highest BCUT2D eigenvalue weighted by Crippen LogP contribution is 2.29. The highest BCUT2D eigenvalue weighted by atomic mass is 19.4. The van der Waals surface area contributed by atoms with Crippen molar-refractivity contribution < 1.29 is 32.0 Å². The minimum Gasteiger partial charge on any atom is -0.497 e. The first-order valence-electron chi connectivity index (χ1n) is 7.12. The van der Waals surface area contributed by atoms with E-state index in [0.29, 0.717) is 17.6 Å². The third kappa shape index (κ3) is 5.30. The predicted octanol–water partition coefficient (Wildman–Crippen LogP) is 3.24. The Morgan fingerprint density at radius 1 is 1.28 bits per heavy atom. The highest BCUT2D eigenvalue weighted by molar-refractivity contribution is 5.87. The molecule has 0 unspecified atom stereocenters. The van der Waals surface area contributed by atoms with Gasteiger partial charge < -0.3 is 18.9 Å². The molecule has 2 aromatic rings. The Hall–Kier alpha value is -2.91. The molecule has 0 atom stereocenters. The predicted molar refractivity (Wildman–Crippen MR) is 81.6 cm³/mol. The van der Waals surface area contributed by atoms with Gasteiger partial charge in [-0.3, -0.25) is 5.32 Å². The average Bonchev–Trinajstić information content (AvgIpc) is 3.04. The summed E-state index contributed by atoms with van der Waals surface area (Å²) in [6, 6.07) is 6.85. The number of amides is 2. The number of nitrogens with zero attached hydrogens (tertiary/aromatic N) is 2. The van der Waals surface area contributed by atoms with Crippen molar-refractivity contribution in [2.45, 2.75) is 6.18 Å². The van der Waals surface area contributed by atoms with Gasteiger partial charge in [0, 0.05) is 13.1 Å². The Bertz CT molecular complexity index is 701. The van der Waals surface area contributed by atoms with Crippen LogP contribution in [0.2, 0.25) is 0 Å². The van der Waals surface area contributed by atoms with Crippen molar-refractivity contribution in [1.29, 1.82) is 0 Å². The van der Waals surface area contributed by atoms with Crippen LogP contribution in [-0.4, -0.2) is 43.4 Å². The normalized spacial score (nSPS) is 11.1. The van der Waals surface area contributed by atoms with Crippen molar-refractivity contribution in [3.05, 3.63) is 36.0 Å². The van der Waals surface area contributed by atoms with Crippen LogP contribution >= 0.6 is 0 Å². The van der Waals surface area contributed by atoms with Gasteiger partial charge in [-0.15, -0.1) is 0 Å². The number of carbonyl (C=O) groups is 1. The van der Waals surface area contributed by atoms with Crippen LogP contribution < -0.4 is 14.8 Å². The van der Waals surface area contributed by atoms with Crippen molar-refractivity contribution in [3.8, 4) is 11.5 Å². The zero-order valence-electron chi connectivity index (χ0n) is 13.5. The quantitative estimate of drug-likeness (QED) is 0.857. The molecule has 0 fully saturated rings. The van der Waals surface area contributed by atoms with Gasteiger partial charge in [-0.05, 0) is 24.3 Å². The van der Waals surface area contributed by atoms with Crippen LogP contribution in [-0.2, 0) is 6.18 Å². The lowest BCUT2D eigenvalue weighted by molar-refractivity contribution is -0.142. The van der Waals surface area contributed by atoms with Crippen LogP contribution in [0.5, 0.6) is 11.5 Å². The van der Waals surface area contributed by atoms with Gasteiger partial charge in [0.25, 0.3) is 0 Å². The first-order valence-corrected chi connectivity index (χ1v) is 7.12. The average molecular weight is 359 g/mol. The number of nitrogens with one attached hydrogen (secondary N) is 1. The van der Waals surface area contributed by atoms with E-state index in [0.717, 1.165) is 0 Å². The Morgan fingerprint density at radius 2 is 1.92 bits per heavy atom. The maximum atomic E-state index is 12.4. The molecule has 0 saturated carbocycles. The molecule has 10 heteroatoms. The number of urea groups is 1. The van der Waals surface area contributed by atoms with Crippen LogP contribution in [0.15, 0.2) is 34.9 Å². The molecule has 0 aliphatic rings. The number of halogens is 3. The van der Waals surface area contributed by atoms with Crippen molar-refractivity contribution in [1.82, 2.24) is 10.1 Å². The molecule has 2 amide bonds. The fourth-order valence-electron chi connectivity index (χ4n) is 1.74. The maximum Gasteiger partial charge on any atom is 0.436 e. The third-order valence-corrected chi connectivity index (χ3v) is 3.13. The second-order valence-electron chi connectivity index (χ2n) is 4.95. The number of aromatic nitrogens is 1. The van der Waals surface area contributed by atoms with E-state index in [4.69, 9.17) is 9.47 Å². The fourth-order valence-corrected chi connectivity index (χ4v) is 1.74. The molecular formula is C15H16F3N3O4. The van der Waals surface area contributed by atoms with Crippen molar-refractivity contribution in [2.75, 3.05) is 32.6 Å². The van der Waals surface area contributed by atoms with E-state index in [1.807, 2.05) is 0 Å². The Labute approximate surface area is 141 Å². The van der Waals surface area contributed by atoms with E-state index >= 15 is 0 Å². The van der Waals surface area contributed by atoms with E-state index in [1.54, 1.807) is 31.4 Å². The van der Waals surface area contributed by atoms with Crippen LogP contribution in [0.3, 0.4) is 0 Å². The van der Waals surface area contributed by atoms with E-state index < -0.39 is 17.9 Å². The number of likely N-dealkylation sites (N-methyl/N-ethyl adjacent to an activating group) is 1. The van der Waals surface area contributed by atoms with Gasteiger partial charge in [-0.1, -0.05) is 5.16 Å². The second-order valence-corrected chi connectivity index (χ2v) is 4.95. The van der Waals surface area contributed by atoms with Gasteiger partial charge in [0.15, 0.2) is 5.69 Å². The summed E-state index contributed by atoms with van der Waals surface area (Å²) in [5.74, 6) is 0.897. The Morgan fingerprint density at radius 3 is 2.48 bits per heavy atom. The lowest BCUT2D eigenvalue weighted by atomic mass is 10.3. The zero-order valence-corrected chi connectivity index (χ0v) is 13.5. The lowest BCUT2D eigenvalue weighted by Crippen LogP contribution is -2.34. The third-order valence-electron chi connectivity index (χ3n) is 3.13. The van der Waals surface area contributed by atoms with Gasteiger partial charge >= 0.3 is 12.2 Å². The molecule has 0 aliphatic heterocycles. The van der Waals surface area contributed by atoms with Crippen LogP contribution in [0, 0.1) is 0 Å². The molecule has 1 aromatic carbocycles. The van der Waals surface area contributed by atoms with E-state index in [-0.39, 0.29) is 19.0 Å². The summed E-state index contributed by atoms with van der Waals surface area (Å²) in [6.45, 7) is 0.401. The van der Waals surface area contributed by atoms with Crippen molar-refractivity contribution in [3.63, 3.8) is 0 Å². The summed E-state index contributed by atoms with van der Waals surface area (Å²) in [4.78, 5) is 13.1. The maximum absolute atomic E-state index is 12.4. The largest absolute Gasteiger partial charge is 0.497 e. The number of alkyl halides is 3. The Kier molecular flexibility index (Phi) is 5.73. The number of anilines is 1. The van der Waals surface area contributed by atoms with Gasteiger partial charge in [0.2, 0.25) is 5.88 Å². The first-order chi connectivity index (χ1) is 11.8. The van der Waals surface area contributed by atoms with Gasteiger partial charge in [0.05, 0.1) is 13.7 Å². The fraction of sp³-hybridized carbons (Fsp3) is 0.333. The SMILES string of the molecule is COc1ccc(OCCN(C)C(=O)Nc2cc(C(F)(F)F)no2)cc1. The molecular weight excluding hydrogens is 343 g/mol. The van der Waals surface area contributed by atoms with Gasteiger partial charge in [-0.2, -0.15) is 13.2 Å². The van der Waals surface area contributed by atoms with Crippen LogP contribution in [0.1, 0.15) is 5.69 Å². The highest BCUT2D eigenvalue weighted by Gasteiger charge is 2.35. The number of ether oxygens (including phenoxy) is 2. The van der Waals surface area contributed by atoms with E-state index in [1.165, 1.54) is 11.9 Å². The first kappa shape index (κ1) is 18.4. The molecule has 0 aliphatic carbocycles. The molecule has 1 N–H and O–H groups in total. The van der Waals surface area contributed by atoms with E-state index in [2.05, 4.69) is 15.0 Å². The number of carbonyl (C=O) groups excluding carboxylic acids is 1. The monoisotopic (exact) mass is 359 g/mol. The summed E-state index contributed by atoms with van der Waals surface area (Å²) in [7, 11) is 3.02. The number of hydrogen-bond acceptors (Lipinski definition) is 5. The van der Waals surface area contributed by atoms with Crippen molar-refractivity contribution in [2.24, 2.45) is 0 Å². The topological polar surface area (TPSA) is 76.8 Å². The molecule has 2 rings (SSSR count). The van der Waals surface area contributed by atoms with E-state index in [9.17, 15) is 18.0 Å². The lowest BCUT2D eigenvalue weighted by Gasteiger charge is -2.17. The zero-order chi connectivity index (χ0) is 18.4. The number of methoxy groups -OCH3 is 1. The molecule has 0 radical (unpaired) electrons. The van der Waals surface area contributed by atoms with Crippen LogP contribution in [0.25, 0.3) is 0 Å². The Balaban J connectivity index is 1.78. The minimum absolute atomic E-state index is 0.195. The molecule has 0 bridgehead atoms. The summed E-state index contributed by atoms with van der Waals surface area (Å²) in [6.07, 6.45) is -4.63. The minimum atomic E-state index is -4.63. The number of rotatable bonds is 6. The molecule has 1 aromatic heterocycles. The summed E-state index contributed by atoms with van der Waals surface area (Å²) in [5, 5.41) is 5.03. The number of benzene rings is 1. The summed E-state index contributed by atoms with van der Waals surface area (Å²) >= 11 is 0. The molecule has 0 saturated heterocycles. The molecule has 7 nitrogen and oxygen atoms in total. The van der Waals surface area contributed by atoms with Gasteiger partial charge in [0.1, 0.15) is 18.1 Å². The summed E-state index contributed by atoms with van der Waals surface area (Å²) in [5.41, 5.74) is -1.21. The van der Waals surface area contributed by atoms with Crippen LogP contribution in [0.4, 0.5) is 23.8 Å². The summed E-state index contributed by atoms with van der Waals surface area (Å²) < 4.78 is 52.1. The smallest absolute Gasteiger partial charge is 0.436 e. The standard InChI is InChI=1S/C15H16F3N3O4/c1-21(7-8-24-11-5-3-10(23-2)4-6-11)14(22)19-13-9-12(20-25-13)15(16,17)18/h3-6,9H,7-8H2,1-2H3,(H,19,22). The number of hydrogen-bond donors (Lipinski definition) is 1.